The molecule has 4 rings (SSSR count). The fourth-order valence-electron chi connectivity index (χ4n) is 3.83. The maximum Gasteiger partial charge on any atom is 0.255 e. The Labute approximate surface area is 194 Å². The van der Waals surface area contributed by atoms with Gasteiger partial charge in [-0.3, -0.25) is 4.79 Å². The van der Waals surface area contributed by atoms with Crippen molar-refractivity contribution in [3.05, 3.63) is 89.7 Å². The Balaban J connectivity index is 1.38. The monoisotopic (exact) mass is 443 g/mol. The largest absolute Gasteiger partial charge is 0.496 e. The molecule has 0 spiro atoms. The summed E-state index contributed by atoms with van der Waals surface area (Å²) in [6.07, 6.45) is 1.49. The first-order valence-corrected chi connectivity index (χ1v) is 11.2. The minimum Gasteiger partial charge on any atom is -0.496 e. The second kappa shape index (κ2) is 10.7. The number of nitrogens with one attached hydrogen (secondary N) is 1. The van der Waals surface area contributed by atoms with Crippen LogP contribution in [0.4, 0.5) is 0 Å². The van der Waals surface area contributed by atoms with E-state index >= 15 is 0 Å². The summed E-state index contributed by atoms with van der Waals surface area (Å²) < 4.78 is 13.4. The Morgan fingerprint density at radius 3 is 2.58 bits per heavy atom. The third-order valence-electron chi connectivity index (χ3n) is 5.54. The molecule has 0 radical (unpaired) electrons. The number of ether oxygens (including phenoxy) is 2. The summed E-state index contributed by atoms with van der Waals surface area (Å²) in [7, 11) is 1.57. The minimum absolute atomic E-state index is 0.151. The number of carbonyl (C=O) groups is 1. The fraction of sp³-hybridized carbons (Fsp3) is 0.259. The van der Waals surface area contributed by atoms with Crippen molar-refractivity contribution in [2.24, 2.45) is 0 Å². The quantitative estimate of drug-likeness (QED) is 0.358. The van der Waals surface area contributed by atoms with Crippen LogP contribution < -0.4 is 14.8 Å². The third-order valence-corrected chi connectivity index (χ3v) is 5.54. The molecule has 0 fully saturated rings. The molecule has 1 N–H and O–H groups in total. The molecular weight excluding hydrogens is 414 g/mol. The van der Waals surface area contributed by atoms with E-state index in [9.17, 15) is 4.79 Å². The van der Waals surface area contributed by atoms with Gasteiger partial charge in [-0.1, -0.05) is 42.0 Å². The van der Waals surface area contributed by atoms with Gasteiger partial charge in [0.15, 0.2) is 0 Å². The summed E-state index contributed by atoms with van der Waals surface area (Å²) in [6.45, 7) is 3.97. The maximum absolute atomic E-state index is 12.6. The van der Waals surface area contributed by atoms with Crippen LogP contribution in [0, 0.1) is 6.92 Å². The first kappa shape index (κ1) is 22.4. The predicted molar refractivity (Wildman–Crippen MR) is 130 cm³/mol. The third kappa shape index (κ3) is 5.52. The number of benzene rings is 3. The normalized spacial score (nSPS) is 10.8. The molecule has 0 saturated heterocycles. The Morgan fingerprint density at radius 1 is 1.00 bits per heavy atom. The number of fused-ring (bicyclic) bond motifs is 1. The number of aryl methyl sites for hydroxylation is 2. The Hall–Kier alpha value is -3.80. The van der Waals surface area contributed by atoms with Gasteiger partial charge < -0.3 is 19.4 Å². The van der Waals surface area contributed by atoms with E-state index in [-0.39, 0.29) is 5.91 Å². The Morgan fingerprint density at radius 2 is 1.76 bits per heavy atom. The SMILES string of the molecule is COc1ccccc1C(=O)NCCc1nc2ccccc2n1CCCOc1ccc(C)cc1. The van der Waals surface area contributed by atoms with Crippen molar-refractivity contribution in [3.63, 3.8) is 0 Å². The predicted octanol–water partition coefficient (Wildman–Crippen LogP) is 4.79. The highest BCUT2D eigenvalue weighted by Gasteiger charge is 2.13. The summed E-state index contributed by atoms with van der Waals surface area (Å²) in [6, 6.07) is 23.4. The number of para-hydroxylation sites is 3. The zero-order chi connectivity index (χ0) is 23.0. The van der Waals surface area contributed by atoms with Gasteiger partial charge in [0.2, 0.25) is 0 Å². The highest BCUT2D eigenvalue weighted by atomic mass is 16.5. The molecule has 1 amide bonds. The van der Waals surface area contributed by atoms with Gasteiger partial charge in [-0.2, -0.15) is 0 Å². The molecule has 0 saturated carbocycles. The molecule has 6 nitrogen and oxygen atoms in total. The number of hydrogen-bond acceptors (Lipinski definition) is 4. The van der Waals surface area contributed by atoms with Crippen LogP contribution >= 0.6 is 0 Å². The molecule has 0 unspecified atom stereocenters. The highest BCUT2D eigenvalue weighted by Crippen LogP contribution is 2.19. The van der Waals surface area contributed by atoms with E-state index in [2.05, 4.69) is 35.0 Å². The van der Waals surface area contributed by atoms with E-state index in [1.807, 2.05) is 42.5 Å². The van der Waals surface area contributed by atoms with E-state index in [1.54, 1.807) is 19.2 Å². The molecule has 0 aliphatic carbocycles. The van der Waals surface area contributed by atoms with Crippen molar-refractivity contribution in [3.8, 4) is 11.5 Å². The number of hydrogen-bond donors (Lipinski definition) is 1. The van der Waals surface area contributed by atoms with Crippen LogP contribution in [0.15, 0.2) is 72.8 Å². The number of methoxy groups -OCH3 is 1. The van der Waals surface area contributed by atoms with Crippen molar-refractivity contribution in [1.82, 2.24) is 14.9 Å². The van der Waals surface area contributed by atoms with Gasteiger partial charge in [0.1, 0.15) is 17.3 Å². The van der Waals surface area contributed by atoms with E-state index < -0.39 is 0 Å². The summed E-state index contributed by atoms with van der Waals surface area (Å²) in [5, 5.41) is 2.99. The summed E-state index contributed by atoms with van der Waals surface area (Å²) in [4.78, 5) is 17.4. The highest BCUT2D eigenvalue weighted by molar-refractivity contribution is 5.96. The number of aromatic nitrogens is 2. The van der Waals surface area contributed by atoms with E-state index in [0.29, 0.717) is 30.9 Å². The van der Waals surface area contributed by atoms with Crippen LogP contribution in [0.5, 0.6) is 11.5 Å². The molecule has 1 heterocycles. The zero-order valence-electron chi connectivity index (χ0n) is 19.1. The first-order valence-electron chi connectivity index (χ1n) is 11.2. The van der Waals surface area contributed by atoms with Crippen molar-refractivity contribution in [2.45, 2.75) is 26.3 Å². The molecule has 0 aliphatic heterocycles. The number of imidazole rings is 1. The Kier molecular flexibility index (Phi) is 7.25. The lowest BCUT2D eigenvalue weighted by molar-refractivity contribution is 0.0951. The van der Waals surface area contributed by atoms with Crippen molar-refractivity contribution in [2.75, 3.05) is 20.3 Å². The topological polar surface area (TPSA) is 65.4 Å². The lowest BCUT2D eigenvalue weighted by atomic mass is 10.2. The van der Waals surface area contributed by atoms with Gasteiger partial charge in [0.05, 0.1) is 30.3 Å². The van der Waals surface area contributed by atoms with Gasteiger partial charge in [-0.25, -0.2) is 4.98 Å². The second-order valence-electron chi connectivity index (χ2n) is 7.89. The van der Waals surface area contributed by atoms with E-state index in [0.717, 1.165) is 35.6 Å². The van der Waals surface area contributed by atoms with Crippen LogP contribution in [0.25, 0.3) is 11.0 Å². The van der Waals surface area contributed by atoms with Crippen LogP contribution in [-0.4, -0.2) is 35.7 Å². The summed E-state index contributed by atoms with van der Waals surface area (Å²) in [5.74, 6) is 2.25. The molecule has 0 atom stereocenters. The standard InChI is InChI=1S/C27H29N3O3/c1-20-12-14-21(15-13-20)33-19-7-18-30-24-10-5-4-9-23(24)29-26(30)16-17-28-27(31)22-8-3-6-11-25(22)32-2/h3-6,8-15H,7,16-19H2,1-2H3,(H,28,31). The molecular formula is C27H29N3O3. The smallest absolute Gasteiger partial charge is 0.255 e. The summed E-state index contributed by atoms with van der Waals surface area (Å²) in [5.41, 5.74) is 3.80. The van der Waals surface area contributed by atoms with Gasteiger partial charge in [0.25, 0.3) is 5.91 Å². The Bertz CT molecular complexity index is 1220. The molecule has 4 aromatic rings. The van der Waals surface area contributed by atoms with Gasteiger partial charge in [-0.15, -0.1) is 0 Å². The number of carbonyl (C=O) groups excluding carboxylic acids is 1. The molecule has 33 heavy (non-hydrogen) atoms. The lowest BCUT2D eigenvalue weighted by Crippen LogP contribution is -2.27. The molecule has 0 bridgehead atoms. The van der Waals surface area contributed by atoms with Gasteiger partial charge >= 0.3 is 0 Å². The molecule has 6 heteroatoms. The van der Waals surface area contributed by atoms with Gasteiger partial charge in [0, 0.05) is 19.5 Å². The van der Waals surface area contributed by atoms with Crippen molar-refractivity contribution >= 4 is 16.9 Å². The number of amides is 1. The van der Waals surface area contributed by atoms with Crippen LogP contribution in [-0.2, 0) is 13.0 Å². The number of rotatable bonds is 10. The number of nitrogens with zero attached hydrogens (tertiary/aromatic N) is 2. The van der Waals surface area contributed by atoms with Crippen molar-refractivity contribution in [1.29, 1.82) is 0 Å². The van der Waals surface area contributed by atoms with Crippen molar-refractivity contribution < 1.29 is 14.3 Å². The van der Waals surface area contributed by atoms with Crippen LogP contribution in [0.3, 0.4) is 0 Å². The molecule has 170 valence electrons. The minimum atomic E-state index is -0.151. The summed E-state index contributed by atoms with van der Waals surface area (Å²) >= 11 is 0. The average Bonchev–Trinajstić information content (AvgIpc) is 3.20. The zero-order valence-corrected chi connectivity index (χ0v) is 19.1. The lowest BCUT2D eigenvalue weighted by Gasteiger charge is -2.12. The first-order chi connectivity index (χ1) is 16.2. The molecule has 3 aromatic carbocycles. The van der Waals surface area contributed by atoms with E-state index in [1.165, 1.54) is 5.56 Å². The van der Waals surface area contributed by atoms with Gasteiger partial charge in [-0.05, 0) is 49.7 Å². The average molecular weight is 444 g/mol. The second-order valence-corrected chi connectivity index (χ2v) is 7.89. The van der Waals surface area contributed by atoms with Crippen LogP contribution in [0.1, 0.15) is 28.2 Å². The fourth-order valence-corrected chi connectivity index (χ4v) is 3.83. The van der Waals surface area contributed by atoms with Crippen LogP contribution in [0.2, 0.25) is 0 Å². The maximum atomic E-state index is 12.6. The molecule has 1 aromatic heterocycles. The molecule has 0 aliphatic rings. The van der Waals surface area contributed by atoms with E-state index in [4.69, 9.17) is 14.5 Å².